The molecule has 0 atom stereocenters. The first-order valence-corrected chi connectivity index (χ1v) is 6.81. The van der Waals surface area contributed by atoms with E-state index in [9.17, 15) is 9.18 Å². The Labute approximate surface area is 123 Å². The third-order valence-electron chi connectivity index (χ3n) is 2.76. The number of halogens is 1. The first kappa shape index (κ1) is 15.0. The number of aromatic nitrogens is 1. The minimum atomic E-state index is -0.276. The van der Waals surface area contributed by atoms with E-state index in [2.05, 4.69) is 15.6 Å². The summed E-state index contributed by atoms with van der Waals surface area (Å²) in [6, 6.07) is 9.60. The summed E-state index contributed by atoms with van der Waals surface area (Å²) in [4.78, 5) is 15.8. The molecule has 0 bridgehead atoms. The lowest BCUT2D eigenvalue weighted by atomic mass is 10.1. The lowest BCUT2D eigenvalue weighted by Gasteiger charge is -2.08. The van der Waals surface area contributed by atoms with Gasteiger partial charge in [-0.15, -0.1) is 0 Å². The summed E-state index contributed by atoms with van der Waals surface area (Å²) in [7, 11) is 0. The van der Waals surface area contributed by atoms with Crippen LogP contribution in [-0.2, 0) is 4.79 Å². The summed E-state index contributed by atoms with van der Waals surface area (Å²) in [6.45, 7) is 3.98. The summed E-state index contributed by atoms with van der Waals surface area (Å²) in [6.07, 6.45) is 2.09. The Balaban J connectivity index is 1.95. The summed E-state index contributed by atoms with van der Waals surface area (Å²) in [5.41, 5.74) is 1.54. The van der Waals surface area contributed by atoms with E-state index in [-0.39, 0.29) is 11.7 Å². The maximum Gasteiger partial charge on any atom is 0.225 e. The zero-order valence-electron chi connectivity index (χ0n) is 12.1. The molecule has 2 N–H and O–H groups in total. The Kier molecular flexibility index (Phi) is 4.87. The van der Waals surface area contributed by atoms with Gasteiger partial charge in [0, 0.05) is 12.1 Å². The molecule has 0 radical (unpaired) electrons. The van der Waals surface area contributed by atoms with E-state index in [4.69, 9.17) is 0 Å². The number of rotatable bonds is 5. The van der Waals surface area contributed by atoms with Crippen molar-refractivity contribution in [2.75, 3.05) is 10.6 Å². The minimum absolute atomic E-state index is 0.0447. The molecule has 0 saturated carbocycles. The van der Waals surface area contributed by atoms with Gasteiger partial charge in [0.05, 0.1) is 11.9 Å². The topological polar surface area (TPSA) is 54.0 Å². The van der Waals surface area contributed by atoms with Gasteiger partial charge in [-0.2, -0.15) is 0 Å². The molecule has 0 aliphatic heterocycles. The molecular weight excluding hydrogens is 269 g/mol. The van der Waals surface area contributed by atoms with Crippen LogP contribution in [0.4, 0.5) is 21.6 Å². The van der Waals surface area contributed by atoms with Crippen molar-refractivity contribution in [3.05, 3.63) is 48.4 Å². The Bertz CT molecular complexity index is 594. The molecule has 110 valence electrons. The van der Waals surface area contributed by atoms with Gasteiger partial charge in [-0.3, -0.25) is 4.79 Å². The number of anilines is 3. The average molecular weight is 287 g/mol. The highest BCUT2D eigenvalue weighted by atomic mass is 19.1. The molecule has 1 aromatic heterocycles. The Hall–Kier alpha value is -2.43. The molecule has 5 heteroatoms. The molecular formula is C16H18FN3O. The molecule has 0 aliphatic carbocycles. The maximum atomic E-state index is 12.8. The molecule has 0 fully saturated rings. The van der Waals surface area contributed by atoms with Crippen molar-refractivity contribution in [1.82, 2.24) is 4.98 Å². The second-order valence-electron chi connectivity index (χ2n) is 5.21. The van der Waals surface area contributed by atoms with Crippen LogP contribution in [0.1, 0.15) is 20.3 Å². The maximum absolute atomic E-state index is 12.8. The van der Waals surface area contributed by atoms with Gasteiger partial charge in [0.2, 0.25) is 5.91 Å². The number of carbonyl (C=O) groups is 1. The van der Waals surface area contributed by atoms with E-state index in [1.54, 1.807) is 30.5 Å². The van der Waals surface area contributed by atoms with E-state index < -0.39 is 0 Å². The number of benzene rings is 1. The van der Waals surface area contributed by atoms with Gasteiger partial charge in [0.1, 0.15) is 11.6 Å². The number of hydrogen-bond acceptors (Lipinski definition) is 3. The fraction of sp³-hybridized carbons (Fsp3) is 0.250. The second kappa shape index (κ2) is 6.83. The minimum Gasteiger partial charge on any atom is -0.354 e. The molecule has 4 nitrogen and oxygen atoms in total. The van der Waals surface area contributed by atoms with Gasteiger partial charge >= 0.3 is 0 Å². The third-order valence-corrected chi connectivity index (χ3v) is 2.76. The lowest BCUT2D eigenvalue weighted by Crippen LogP contribution is -2.14. The monoisotopic (exact) mass is 287 g/mol. The Morgan fingerprint density at radius 3 is 2.38 bits per heavy atom. The van der Waals surface area contributed by atoms with Gasteiger partial charge in [-0.25, -0.2) is 9.37 Å². The molecule has 2 rings (SSSR count). The number of pyridine rings is 1. The Morgan fingerprint density at radius 1 is 1.14 bits per heavy atom. The van der Waals surface area contributed by atoms with Crippen LogP contribution in [-0.4, -0.2) is 10.9 Å². The molecule has 1 heterocycles. The molecule has 0 unspecified atom stereocenters. The molecule has 2 aromatic rings. The predicted octanol–water partition coefficient (Wildman–Crippen LogP) is 3.95. The number of nitrogens with zero attached hydrogens (tertiary/aromatic N) is 1. The predicted molar refractivity (Wildman–Crippen MR) is 82.0 cm³/mol. The van der Waals surface area contributed by atoms with Crippen LogP contribution in [0.3, 0.4) is 0 Å². The van der Waals surface area contributed by atoms with Crippen LogP contribution in [0, 0.1) is 11.7 Å². The second-order valence-corrected chi connectivity index (χ2v) is 5.21. The van der Waals surface area contributed by atoms with Crippen LogP contribution in [0.2, 0.25) is 0 Å². The van der Waals surface area contributed by atoms with E-state index in [1.807, 2.05) is 13.8 Å². The molecule has 0 spiro atoms. The van der Waals surface area contributed by atoms with E-state index in [0.717, 1.165) is 11.4 Å². The van der Waals surface area contributed by atoms with Gasteiger partial charge < -0.3 is 10.6 Å². The van der Waals surface area contributed by atoms with Gasteiger partial charge in [-0.1, -0.05) is 13.8 Å². The molecule has 1 amide bonds. The number of amides is 1. The highest BCUT2D eigenvalue weighted by molar-refractivity contribution is 5.89. The van der Waals surface area contributed by atoms with Crippen molar-refractivity contribution in [3.8, 4) is 0 Å². The fourth-order valence-electron chi connectivity index (χ4n) is 1.81. The number of hydrogen-bond donors (Lipinski definition) is 2. The van der Waals surface area contributed by atoms with Gasteiger partial charge in [0.15, 0.2) is 0 Å². The third kappa shape index (κ3) is 4.87. The molecule has 0 aliphatic rings. The van der Waals surface area contributed by atoms with Crippen LogP contribution < -0.4 is 10.6 Å². The smallest absolute Gasteiger partial charge is 0.225 e. The van der Waals surface area contributed by atoms with E-state index >= 15 is 0 Å². The summed E-state index contributed by atoms with van der Waals surface area (Å²) in [5, 5.41) is 5.85. The zero-order valence-corrected chi connectivity index (χ0v) is 12.1. The van der Waals surface area contributed by atoms with Crippen molar-refractivity contribution >= 4 is 23.1 Å². The fourth-order valence-corrected chi connectivity index (χ4v) is 1.81. The van der Waals surface area contributed by atoms with Crippen molar-refractivity contribution in [1.29, 1.82) is 0 Å². The average Bonchev–Trinajstić information content (AvgIpc) is 2.42. The van der Waals surface area contributed by atoms with Crippen LogP contribution >= 0.6 is 0 Å². The summed E-state index contributed by atoms with van der Waals surface area (Å²) >= 11 is 0. The van der Waals surface area contributed by atoms with Crippen molar-refractivity contribution in [3.63, 3.8) is 0 Å². The van der Waals surface area contributed by atoms with Gasteiger partial charge in [0.25, 0.3) is 0 Å². The number of nitrogens with one attached hydrogen (secondary N) is 2. The standard InChI is InChI=1S/C16H18FN3O/c1-11(2)9-16(21)20-15-8-7-14(10-18-15)19-13-5-3-12(17)4-6-13/h3-8,10-11,19H,9H2,1-2H3,(H,18,20,21). The lowest BCUT2D eigenvalue weighted by molar-refractivity contribution is -0.116. The molecule has 1 aromatic carbocycles. The number of carbonyl (C=O) groups excluding carboxylic acids is 1. The normalized spacial score (nSPS) is 10.5. The van der Waals surface area contributed by atoms with Crippen molar-refractivity contribution in [2.45, 2.75) is 20.3 Å². The largest absolute Gasteiger partial charge is 0.354 e. The van der Waals surface area contributed by atoms with Crippen LogP contribution in [0.5, 0.6) is 0 Å². The van der Waals surface area contributed by atoms with E-state index in [0.29, 0.717) is 18.2 Å². The first-order chi connectivity index (χ1) is 10.0. The highest BCUT2D eigenvalue weighted by Crippen LogP contribution is 2.17. The molecule has 21 heavy (non-hydrogen) atoms. The molecule has 0 saturated heterocycles. The van der Waals surface area contributed by atoms with E-state index in [1.165, 1.54) is 12.1 Å². The van der Waals surface area contributed by atoms with Crippen LogP contribution in [0.15, 0.2) is 42.6 Å². The first-order valence-electron chi connectivity index (χ1n) is 6.81. The van der Waals surface area contributed by atoms with Gasteiger partial charge in [-0.05, 0) is 42.3 Å². The summed E-state index contributed by atoms with van der Waals surface area (Å²) < 4.78 is 12.8. The van der Waals surface area contributed by atoms with Crippen molar-refractivity contribution < 1.29 is 9.18 Å². The quantitative estimate of drug-likeness (QED) is 0.875. The van der Waals surface area contributed by atoms with Crippen LogP contribution in [0.25, 0.3) is 0 Å². The Morgan fingerprint density at radius 2 is 1.81 bits per heavy atom. The SMILES string of the molecule is CC(C)CC(=O)Nc1ccc(Nc2ccc(F)cc2)cn1. The summed E-state index contributed by atoms with van der Waals surface area (Å²) in [5.74, 6) is 0.508. The zero-order chi connectivity index (χ0) is 15.2. The highest BCUT2D eigenvalue weighted by Gasteiger charge is 2.06. The van der Waals surface area contributed by atoms with Crippen molar-refractivity contribution in [2.24, 2.45) is 5.92 Å².